The van der Waals surface area contributed by atoms with Crippen LogP contribution in [0.2, 0.25) is 0 Å². The third-order valence-corrected chi connectivity index (χ3v) is 3.32. The van der Waals surface area contributed by atoms with Gasteiger partial charge in [-0.25, -0.2) is 4.98 Å². The van der Waals surface area contributed by atoms with Gasteiger partial charge in [0.25, 0.3) is 0 Å². The largest absolute Gasteiger partial charge is 0.381 e. The molecule has 0 bridgehead atoms. The fraction of sp³-hybridized carbons (Fsp3) is 0.125. The predicted octanol–water partition coefficient (Wildman–Crippen LogP) is 2.69. The number of rotatable bonds is 4. The third kappa shape index (κ3) is 2.79. The normalized spacial score (nSPS) is 10.3. The lowest BCUT2D eigenvalue weighted by molar-refractivity contribution is 0.902. The Labute approximate surface area is 123 Å². The van der Waals surface area contributed by atoms with Gasteiger partial charge >= 0.3 is 0 Å². The van der Waals surface area contributed by atoms with Crippen molar-refractivity contribution in [3.8, 4) is 11.8 Å². The summed E-state index contributed by atoms with van der Waals surface area (Å²) in [6.07, 6.45) is 7.41. The predicted molar refractivity (Wildman–Crippen MR) is 81.0 cm³/mol. The Hall–Kier alpha value is -3.00. The molecule has 1 N–H and O–H groups in total. The average Bonchev–Trinajstić information content (AvgIpc) is 3.15. The van der Waals surface area contributed by atoms with E-state index in [-0.39, 0.29) is 0 Å². The number of nitrogens with one attached hydrogen (secondary N) is 1. The van der Waals surface area contributed by atoms with Crippen molar-refractivity contribution in [3.05, 3.63) is 66.5 Å². The Morgan fingerprint density at radius 2 is 2.24 bits per heavy atom. The van der Waals surface area contributed by atoms with Gasteiger partial charge in [0.2, 0.25) is 0 Å². The van der Waals surface area contributed by atoms with Crippen LogP contribution in [-0.2, 0) is 13.6 Å². The molecule has 104 valence electrons. The molecule has 0 aliphatic carbocycles. The first kappa shape index (κ1) is 13.0. The van der Waals surface area contributed by atoms with Crippen molar-refractivity contribution < 1.29 is 0 Å². The van der Waals surface area contributed by atoms with E-state index in [1.165, 1.54) is 0 Å². The van der Waals surface area contributed by atoms with Crippen molar-refractivity contribution in [3.63, 3.8) is 0 Å². The molecule has 3 rings (SSSR count). The molecule has 0 aliphatic rings. The lowest BCUT2D eigenvalue weighted by Gasteiger charge is -2.08. The van der Waals surface area contributed by atoms with Crippen LogP contribution in [0.25, 0.3) is 5.69 Å². The summed E-state index contributed by atoms with van der Waals surface area (Å²) in [5.74, 6) is 0. The van der Waals surface area contributed by atoms with Crippen molar-refractivity contribution in [2.45, 2.75) is 6.54 Å². The van der Waals surface area contributed by atoms with Crippen molar-refractivity contribution >= 4 is 5.69 Å². The summed E-state index contributed by atoms with van der Waals surface area (Å²) in [6.45, 7) is 0.683. The molecule has 0 amide bonds. The molecule has 0 fully saturated rings. The van der Waals surface area contributed by atoms with Gasteiger partial charge in [-0.3, -0.25) is 0 Å². The van der Waals surface area contributed by atoms with Gasteiger partial charge in [0.15, 0.2) is 0 Å². The van der Waals surface area contributed by atoms with E-state index >= 15 is 0 Å². The van der Waals surface area contributed by atoms with E-state index in [0.29, 0.717) is 12.2 Å². The highest BCUT2D eigenvalue weighted by Gasteiger charge is 2.03. The van der Waals surface area contributed by atoms with E-state index in [2.05, 4.69) is 22.4 Å². The fourth-order valence-corrected chi connectivity index (χ4v) is 2.23. The minimum atomic E-state index is 0.666. The second-order valence-electron chi connectivity index (χ2n) is 4.83. The molecular formula is C16H15N5. The van der Waals surface area contributed by atoms with Crippen molar-refractivity contribution in [1.29, 1.82) is 5.26 Å². The van der Waals surface area contributed by atoms with Gasteiger partial charge in [-0.15, -0.1) is 0 Å². The molecule has 0 atom stereocenters. The summed E-state index contributed by atoms with van der Waals surface area (Å²) in [4.78, 5) is 4.05. The molecule has 0 saturated carbocycles. The zero-order valence-electron chi connectivity index (χ0n) is 11.7. The molecule has 5 nitrogen and oxygen atoms in total. The molecule has 0 unspecified atom stereocenters. The van der Waals surface area contributed by atoms with Crippen LogP contribution in [0.15, 0.2) is 55.2 Å². The topological polar surface area (TPSA) is 58.6 Å². The smallest absolute Gasteiger partial charge is 0.120 e. The Morgan fingerprint density at radius 3 is 2.95 bits per heavy atom. The molecule has 0 aliphatic heterocycles. The molecule has 2 heterocycles. The van der Waals surface area contributed by atoms with Gasteiger partial charge < -0.3 is 14.5 Å². The monoisotopic (exact) mass is 277 g/mol. The molecule has 0 radical (unpaired) electrons. The maximum absolute atomic E-state index is 8.96. The van der Waals surface area contributed by atoms with E-state index in [0.717, 1.165) is 16.9 Å². The highest BCUT2D eigenvalue weighted by Crippen LogP contribution is 2.16. The van der Waals surface area contributed by atoms with E-state index < -0.39 is 0 Å². The van der Waals surface area contributed by atoms with Gasteiger partial charge in [0.05, 0.1) is 6.33 Å². The molecule has 1 aromatic carbocycles. The first-order valence-electron chi connectivity index (χ1n) is 6.64. The Kier molecular flexibility index (Phi) is 3.44. The molecule has 21 heavy (non-hydrogen) atoms. The minimum Gasteiger partial charge on any atom is -0.381 e. The lowest BCUT2D eigenvalue weighted by atomic mass is 10.2. The van der Waals surface area contributed by atoms with Gasteiger partial charge in [0.1, 0.15) is 11.8 Å². The quantitative estimate of drug-likeness (QED) is 0.797. The van der Waals surface area contributed by atoms with Crippen LogP contribution >= 0.6 is 0 Å². The van der Waals surface area contributed by atoms with Crippen LogP contribution in [0.5, 0.6) is 0 Å². The molecular weight excluding hydrogens is 262 g/mol. The highest BCUT2D eigenvalue weighted by atomic mass is 15.0. The summed E-state index contributed by atoms with van der Waals surface area (Å²) in [6, 6.07) is 12.2. The number of nitriles is 1. The summed E-state index contributed by atoms with van der Waals surface area (Å²) >= 11 is 0. The standard InChI is InChI=1S/C16H15N5/c1-20-11-13(7-16(20)9-17)10-19-14-3-2-4-15(8-14)21-6-5-18-12-21/h2-8,11-12,19H,10H2,1H3. The summed E-state index contributed by atoms with van der Waals surface area (Å²) in [5, 5.41) is 12.3. The van der Waals surface area contributed by atoms with Crippen LogP contribution < -0.4 is 5.32 Å². The van der Waals surface area contributed by atoms with Crippen LogP contribution in [0.1, 0.15) is 11.3 Å². The lowest BCUT2D eigenvalue weighted by Crippen LogP contribution is -1.99. The van der Waals surface area contributed by atoms with Gasteiger partial charge in [-0.05, 0) is 29.8 Å². The second kappa shape index (κ2) is 5.55. The van der Waals surface area contributed by atoms with E-state index in [9.17, 15) is 0 Å². The Balaban J connectivity index is 1.73. The summed E-state index contributed by atoms with van der Waals surface area (Å²) < 4.78 is 3.79. The summed E-state index contributed by atoms with van der Waals surface area (Å²) in [5.41, 5.74) is 3.84. The van der Waals surface area contributed by atoms with E-state index in [4.69, 9.17) is 5.26 Å². The summed E-state index contributed by atoms with van der Waals surface area (Å²) in [7, 11) is 1.88. The Bertz CT molecular complexity index is 777. The first-order valence-corrected chi connectivity index (χ1v) is 6.64. The van der Waals surface area contributed by atoms with Gasteiger partial charge in [-0.1, -0.05) is 6.07 Å². The fourth-order valence-electron chi connectivity index (χ4n) is 2.23. The SMILES string of the molecule is Cn1cc(CNc2cccc(-n3ccnc3)c2)cc1C#N. The maximum atomic E-state index is 8.96. The second-order valence-corrected chi connectivity index (χ2v) is 4.83. The van der Waals surface area contributed by atoms with Crippen LogP contribution in [0, 0.1) is 11.3 Å². The number of aromatic nitrogens is 3. The van der Waals surface area contributed by atoms with Crippen LogP contribution in [0.4, 0.5) is 5.69 Å². The number of hydrogen-bond donors (Lipinski definition) is 1. The number of benzene rings is 1. The van der Waals surface area contributed by atoms with Gasteiger partial charge in [-0.2, -0.15) is 5.26 Å². The zero-order valence-corrected chi connectivity index (χ0v) is 11.7. The Morgan fingerprint density at radius 1 is 1.33 bits per heavy atom. The van der Waals surface area contributed by atoms with E-state index in [1.807, 2.05) is 52.8 Å². The third-order valence-electron chi connectivity index (χ3n) is 3.32. The number of aryl methyl sites for hydroxylation is 1. The highest BCUT2D eigenvalue weighted by molar-refractivity contribution is 5.51. The number of imidazole rings is 1. The van der Waals surface area contributed by atoms with Crippen molar-refractivity contribution in [1.82, 2.24) is 14.1 Å². The van der Waals surface area contributed by atoms with Crippen molar-refractivity contribution in [2.75, 3.05) is 5.32 Å². The molecule has 3 aromatic rings. The molecule has 0 saturated heterocycles. The number of nitrogens with zero attached hydrogens (tertiary/aromatic N) is 4. The first-order chi connectivity index (χ1) is 10.3. The average molecular weight is 277 g/mol. The number of hydrogen-bond acceptors (Lipinski definition) is 3. The zero-order chi connectivity index (χ0) is 14.7. The van der Waals surface area contributed by atoms with Crippen LogP contribution in [-0.4, -0.2) is 14.1 Å². The minimum absolute atomic E-state index is 0.666. The maximum Gasteiger partial charge on any atom is 0.120 e. The van der Waals surface area contributed by atoms with Crippen molar-refractivity contribution in [2.24, 2.45) is 7.05 Å². The molecule has 2 aromatic heterocycles. The van der Waals surface area contributed by atoms with Gasteiger partial charge in [0, 0.05) is 43.6 Å². The van der Waals surface area contributed by atoms with E-state index in [1.54, 1.807) is 12.5 Å². The van der Waals surface area contributed by atoms with Crippen LogP contribution in [0.3, 0.4) is 0 Å². The number of anilines is 1. The molecule has 0 spiro atoms. The molecule has 5 heteroatoms.